The topological polar surface area (TPSA) is 32.3 Å². The molecule has 2 amide bonds. The zero-order valence-electron chi connectivity index (χ0n) is 4.90. The molecule has 0 bridgehead atoms. The molecule has 1 aliphatic heterocycles. The molecule has 3 nitrogen and oxygen atoms in total. The van der Waals surface area contributed by atoms with Crippen molar-refractivity contribution >= 4 is 6.03 Å². The Balaban J connectivity index is 2.64. The average Bonchev–Trinajstić information content (AvgIpc) is 2.11. The maximum Gasteiger partial charge on any atom is 0.488 e. The van der Waals surface area contributed by atoms with Crippen molar-refractivity contribution < 1.29 is 18.0 Å². The Labute approximate surface area is 54.8 Å². The minimum atomic E-state index is -4.53. The summed E-state index contributed by atoms with van der Waals surface area (Å²) in [6.45, 7) is -0.222. The number of halogens is 3. The van der Waals surface area contributed by atoms with Crippen LogP contribution < -0.4 is 5.32 Å². The van der Waals surface area contributed by atoms with Crippen LogP contribution in [0, 0.1) is 0 Å². The van der Waals surface area contributed by atoms with Gasteiger partial charge in [0.2, 0.25) is 0 Å². The summed E-state index contributed by atoms with van der Waals surface area (Å²) in [7, 11) is 0. The molecular weight excluding hydrogens is 149 g/mol. The predicted octanol–water partition coefficient (Wildman–Crippen LogP) is 0.531. The molecule has 0 aromatic carbocycles. The highest BCUT2D eigenvalue weighted by atomic mass is 19.4. The minimum absolute atomic E-state index is 0.0678. The number of hydrogen-bond donors (Lipinski definition) is 1. The number of rotatable bonds is 0. The van der Waals surface area contributed by atoms with Crippen LogP contribution in [0.1, 0.15) is 0 Å². The first-order valence-electron chi connectivity index (χ1n) is 2.64. The number of urea groups is 1. The molecule has 1 saturated heterocycles. The van der Waals surface area contributed by atoms with Gasteiger partial charge < -0.3 is 5.32 Å². The Morgan fingerprint density at radius 3 is 2.30 bits per heavy atom. The lowest BCUT2D eigenvalue weighted by molar-refractivity contribution is -0.218. The van der Waals surface area contributed by atoms with Gasteiger partial charge in [-0.3, -0.25) is 0 Å². The zero-order valence-corrected chi connectivity index (χ0v) is 4.90. The Kier molecular flexibility index (Phi) is 1.46. The van der Waals surface area contributed by atoms with E-state index in [4.69, 9.17) is 0 Å². The van der Waals surface area contributed by atoms with Crippen LogP contribution in [0.25, 0.3) is 0 Å². The molecule has 0 aromatic heterocycles. The van der Waals surface area contributed by atoms with E-state index in [-0.39, 0.29) is 18.0 Å². The molecule has 1 aliphatic rings. The van der Waals surface area contributed by atoms with E-state index in [1.54, 1.807) is 0 Å². The van der Waals surface area contributed by atoms with Crippen molar-refractivity contribution in [3.05, 3.63) is 0 Å². The minimum Gasteiger partial charge on any atom is -0.336 e. The van der Waals surface area contributed by atoms with E-state index in [0.29, 0.717) is 0 Å². The number of carbonyl (C=O) groups excluding carboxylic acids is 1. The SMILES string of the molecule is O=C1NCCN1C(F)(F)F. The average molecular weight is 154 g/mol. The number of nitrogens with zero attached hydrogens (tertiary/aromatic N) is 1. The molecule has 1 fully saturated rings. The van der Waals surface area contributed by atoms with Crippen molar-refractivity contribution in [2.24, 2.45) is 0 Å². The summed E-state index contributed by atoms with van der Waals surface area (Å²) in [6.07, 6.45) is -4.53. The monoisotopic (exact) mass is 154 g/mol. The third-order valence-corrected chi connectivity index (χ3v) is 1.16. The summed E-state index contributed by atoms with van der Waals surface area (Å²) in [5.41, 5.74) is 0. The molecule has 1 rings (SSSR count). The quantitative estimate of drug-likeness (QED) is 0.507. The van der Waals surface area contributed by atoms with E-state index < -0.39 is 12.3 Å². The molecule has 6 heteroatoms. The molecule has 0 aromatic rings. The molecule has 0 unspecified atom stereocenters. The van der Waals surface area contributed by atoms with Crippen LogP contribution in [0.5, 0.6) is 0 Å². The van der Waals surface area contributed by atoms with E-state index in [1.165, 1.54) is 0 Å². The van der Waals surface area contributed by atoms with E-state index in [0.717, 1.165) is 0 Å². The van der Waals surface area contributed by atoms with Gasteiger partial charge in [0.05, 0.1) is 0 Å². The van der Waals surface area contributed by atoms with Crippen molar-refractivity contribution in [3.63, 3.8) is 0 Å². The number of nitrogens with one attached hydrogen (secondary N) is 1. The van der Waals surface area contributed by atoms with Gasteiger partial charge in [-0.1, -0.05) is 0 Å². The summed E-state index contributed by atoms with van der Waals surface area (Å²) in [6, 6.07) is -1.06. The van der Waals surface area contributed by atoms with Gasteiger partial charge in [0.1, 0.15) is 0 Å². The first-order chi connectivity index (χ1) is 4.52. The largest absolute Gasteiger partial charge is 0.488 e. The number of carbonyl (C=O) groups is 1. The van der Waals surface area contributed by atoms with Crippen LogP contribution >= 0.6 is 0 Å². The van der Waals surface area contributed by atoms with E-state index in [1.807, 2.05) is 5.32 Å². The van der Waals surface area contributed by atoms with Gasteiger partial charge in [-0.2, -0.15) is 0 Å². The third-order valence-electron chi connectivity index (χ3n) is 1.16. The van der Waals surface area contributed by atoms with Crippen LogP contribution in [0.3, 0.4) is 0 Å². The number of hydrogen-bond acceptors (Lipinski definition) is 1. The summed E-state index contributed by atoms with van der Waals surface area (Å²) >= 11 is 0. The van der Waals surface area contributed by atoms with Crippen LogP contribution in [0.15, 0.2) is 0 Å². The second-order valence-electron chi connectivity index (χ2n) is 1.85. The lowest BCUT2D eigenvalue weighted by Gasteiger charge is -2.16. The Morgan fingerprint density at radius 2 is 2.10 bits per heavy atom. The molecule has 1 N–H and O–H groups in total. The van der Waals surface area contributed by atoms with Gasteiger partial charge in [-0.05, 0) is 0 Å². The Hall–Kier alpha value is -0.940. The summed E-state index contributed by atoms with van der Waals surface area (Å²) < 4.78 is 35.0. The van der Waals surface area contributed by atoms with Gasteiger partial charge in [0, 0.05) is 13.1 Å². The van der Waals surface area contributed by atoms with Crippen LogP contribution in [0.4, 0.5) is 18.0 Å². The number of amides is 2. The molecular formula is C4H5F3N2O. The zero-order chi connectivity index (χ0) is 7.78. The fraction of sp³-hybridized carbons (Fsp3) is 0.750. The second-order valence-corrected chi connectivity index (χ2v) is 1.85. The molecule has 0 spiro atoms. The molecule has 0 aliphatic carbocycles. The number of alkyl halides is 3. The van der Waals surface area contributed by atoms with Gasteiger partial charge in [0.25, 0.3) is 0 Å². The van der Waals surface area contributed by atoms with Gasteiger partial charge >= 0.3 is 12.3 Å². The molecule has 1 heterocycles. The van der Waals surface area contributed by atoms with Gasteiger partial charge in [0.15, 0.2) is 0 Å². The van der Waals surface area contributed by atoms with Crippen molar-refractivity contribution in [1.82, 2.24) is 10.2 Å². The Bertz CT molecular complexity index is 155. The Morgan fingerprint density at radius 1 is 1.50 bits per heavy atom. The van der Waals surface area contributed by atoms with Crippen molar-refractivity contribution in [2.75, 3.05) is 13.1 Å². The van der Waals surface area contributed by atoms with Crippen molar-refractivity contribution in [3.8, 4) is 0 Å². The van der Waals surface area contributed by atoms with Crippen LogP contribution in [-0.2, 0) is 0 Å². The molecule has 10 heavy (non-hydrogen) atoms. The third kappa shape index (κ3) is 1.14. The van der Waals surface area contributed by atoms with Crippen molar-refractivity contribution in [2.45, 2.75) is 6.30 Å². The maximum atomic E-state index is 11.7. The van der Waals surface area contributed by atoms with E-state index in [9.17, 15) is 18.0 Å². The summed E-state index contributed by atoms with van der Waals surface area (Å²) in [4.78, 5) is 10.2. The smallest absolute Gasteiger partial charge is 0.336 e. The van der Waals surface area contributed by atoms with E-state index >= 15 is 0 Å². The fourth-order valence-corrected chi connectivity index (χ4v) is 0.714. The highest BCUT2D eigenvalue weighted by Crippen LogP contribution is 2.22. The highest BCUT2D eigenvalue weighted by Gasteiger charge is 2.43. The first-order valence-corrected chi connectivity index (χ1v) is 2.64. The molecule has 0 radical (unpaired) electrons. The van der Waals surface area contributed by atoms with Crippen molar-refractivity contribution in [1.29, 1.82) is 0 Å². The maximum absolute atomic E-state index is 11.7. The van der Waals surface area contributed by atoms with E-state index in [2.05, 4.69) is 0 Å². The molecule has 0 saturated carbocycles. The lowest BCUT2D eigenvalue weighted by atomic mass is 10.6. The fourth-order valence-electron chi connectivity index (χ4n) is 0.714. The standard InChI is InChI=1S/C4H5F3N2O/c5-4(6,7)9-2-1-8-3(9)10/h1-2H2,(H,8,10). The summed E-state index contributed by atoms with van der Waals surface area (Å²) in [5.74, 6) is 0. The van der Waals surface area contributed by atoms with Crippen LogP contribution in [0.2, 0.25) is 0 Å². The predicted molar refractivity (Wildman–Crippen MR) is 26.2 cm³/mol. The van der Waals surface area contributed by atoms with Gasteiger partial charge in [-0.25, -0.2) is 9.69 Å². The second kappa shape index (κ2) is 2.03. The molecule has 0 atom stereocenters. The summed E-state index contributed by atoms with van der Waals surface area (Å²) in [5, 5.41) is 2.04. The molecule has 58 valence electrons. The first kappa shape index (κ1) is 7.17. The normalized spacial score (nSPS) is 19.5. The van der Waals surface area contributed by atoms with Gasteiger partial charge in [-0.15, -0.1) is 13.2 Å². The highest BCUT2D eigenvalue weighted by molar-refractivity contribution is 5.76. The lowest BCUT2D eigenvalue weighted by Crippen LogP contribution is -2.40. The van der Waals surface area contributed by atoms with Crippen LogP contribution in [-0.4, -0.2) is 30.3 Å².